The lowest BCUT2D eigenvalue weighted by molar-refractivity contribution is -0.124. The highest BCUT2D eigenvalue weighted by molar-refractivity contribution is 7.13. The first-order valence-electron chi connectivity index (χ1n) is 13.4. The number of pyridine rings is 2. The van der Waals surface area contributed by atoms with Crippen LogP contribution in [0.3, 0.4) is 0 Å². The summed E-state index contributed by atoms with van der Waals surface area (Å²) in [7, 11) is 3.44. The molecule has 210 valence electrons. The van der Waals surface area contributed by atoms with E-state index in [1.807, 2.05) is 80.6 Å². The summed E-state index contributed by atoms with van der Waals surface area (Å²) in [6, 6.07) is 24.9. The molecule has 1 aliphatic heterocycles. The molecule has 42 heavy (non-hydrogen) atoms. The minimum absolute atomic E-state index is 0.0722. The van der Waals surface area contributed by atoms with Crippen LogP contribution < -0.4 is 10.1 Å². The fourth-order valence-electron chi connectivity index (χ4n) is 5.13. The molecule has 0 saturated carbocycles. The predicted molar refractivity (Wildman–Crippen MR) is 162 cm³/mol. The highest BCUT2D eigenvalue weighted by Gasteiger charge is 2.45. The van der Waals surface area contributed by atoms with Crippen LogP contribution in [0.15, 0.2) is 84.4 Å². The molecule has 2 aromatic carbocycles. The van der Waals surface area contributed by atoms with Crippen LogP contribution in [0.2, 0.25) is 0 Å². The van der Waals surface area contributed by atoms with E-state index in [1.165, 1.54) is 16.2 Å². The maximum Gasteiger partial charge on any atom is 0.253 e. The fraction of sp³-hybridized carbons (Fsp3) is 0.188. The standard InChI is InChI=1S/C32H28N6O3S/c1-32(2,30(40)36-31-37-33-18-42-31)26-22-14-16-24(19-8-6-5-7-9-19)34-27(22)41-28-23(26)15-17-25(35-28)20-10-12-21(13-11-20)29(39)38(3)4/h5-18,26H,1-4H3,(H,36,37,40). The van der Waals surface area contributed by atoms with Gasteiger partial charge in [-0.2, -0.15) is 0 Å². The summed E-state index contributed by atoms with van der Waals surface area (Å²) in [5.74, 6) is 0.0933. The third-order valence-corrected chi connectivity index (χ3v) is 7.99. The second-order valence-electron chi connectivity index (χ2n) is 10.8. The third-order valence-electron chi connectivity index (χ3n) is 7.39. The molecular formula is C32H28N6O3S. The average Bonchev–Trinajstić information content (AvgIpc) is 3.52. The van der Waals surface area contributed by atoms with E-state index in [9.17, 15) is 9.59 Å². The molecule has 1 unspecified atom stereocenters. The Bertz CT molecular complexity index is 1770. The minimum atomic E-state index is -0.938. The molecular weight excluding hydrogens is 548 g/mol. The summed E-state index contributed by atoms with van der Waals surface area (Å²) in [6.07, 6.45) is 0. The van der Waals surface area contributed by atoms with Crippen molar-refractivity contribution in [3.63, 3.8) is 0 Å². The largest absolute Gasteiger partial charge is 0.420 e. The van der Waals surface area contributed by atoms with E-state index in [4.69, 9.17) is 14.7 Å². The highest BCUT2D eigenvalue weighted by atomic mass is 32.1. The molecule has 3 aromatic heterocycles. The Morgan fingerprint density at radius 3 is 1.98 bits per heavy atom. The molecule has 0 bridgehead atoms. The van der Waals surface area contributed by atoms with Gasteiger partial charge in [0.25, 0.3) is 5.91 Å². The lowest BCUT2D eigenvalue weighted by atomic mass is 9.70. The predicted octanol–water partition coefficient (Wildman–Crippen LogP) is 6.27. The van der Waals surface area contributed by atoms with Gasteiger partial charge in [0.2, 0.25) is 22.8 Å². The molecule has 0 aliphatic carbocycles. The van der Waals surface area contributed by atoms with Crippen molar-refractivity contribution in [1.82, 2.24) is 25.1 Å². The van der Waals surface area contributed by atoms with E-state index in [2.05, 4.69) is 15.5 Å². The lowest BCUT2D eigenvalue weighted by Crippen LogP contribution is -2.38. The van der Waals surface area contributed by atoms with Gasteiger partial charge in [0.1, 0.15) is 5.51 Å². The maximum absolute atomic E-state index is 13.7. The number of nitrogens with one attached hydrogen (secondary N) is 1. The molecule has 1 aliphatic rings. The summed E-state index contributed by atoms with van der Waals surface area (Å²) in [5, 5.41) is 11.2. The summed E-state index contributed by atoms with van der Waals surface area (Å²) in [6.45, 7) is 3.79. The van der Waals surface area contributed by atoms with Crippen molar-refractivity contribution >= 4 is 28.3 Å². The summed E-state index contributed by atoms with van der Waals surface area (Å²) in [4.78, 5) is 37.3. The van der Waals surface area contributed by atoms with E-state index in [0.29, 0.717) is 28.1 Å². The second-order valence-corrected chi connectivity index (χ2v) is 11.6. The van der Waals surface area contributed by atoms with Crippen molar-refractivity contribution in [2.24, 2.45) is 5.41 Å². The zero-order chi connectivity index (χ0) is 29.4. The van der Waals surface area contributed by atoms with Crippen molar-refractivity contribution < 1.29 is 14.3 Å². The number of rotatable bonds is 6. The van der Waals surface area contributed by atoms with Crippen molar-refractivity contribution in [1.29, 1.82) is 0 Å². The van der Waals surface area contributed by atoms with Gasteiger partial charge >= 0.3 is 0 Å². The molecule has 0 fully saturated rings. The van der Waals surface area contributed by atoms with Gasteiger partial charge in [0, 0.05) is 47.8 Å². The normalized spacial score (nSPS) is 13.9. The molecule has 10 heteroatoms. The van der Waals surface area contributed by atoms with E-state index >= 15 is 0 Å². The molecule has 0 radical (unpaired) electrons. The van der Waals surface area contributed by atoms with Gasteiger partial charge in [0.15, 0.2) is 0 Å². The summed E-state index contributed by atoms with van der Waals surface area (Å²) in [5.41, 5.74) is 6.01. The van der Waals surface area contributed by atoms with Gasteiger partial charge in [-0.05, 0) is 24.3 Å². The number of carbonyl (C=O) groups is 2. The van der Waals surface area contributed by atoms with Crippen LogP contribution in [0.25, 0.3) is 22.5 Å². The number of benzene rings is 2. The number of nitrogens with zero attached hydrogens (tertiary/aromatic N) is 5. The van der Waals surface area contributed by atoms with Gasteiger partial charge in [-0.3, -0.25) is 9.59 Å². The Morgan fingerprint density at radius 1 is 0.833 bits per heavy atom. The Balaban J connectivity index is 1.43. The number of hydrogen-bond acceptors (Lipinski definition) is 8. The van der Waals surface area contributed by atoms with E-state index in [0.717, 1.165) is 27.9 Å². The number of ether oxygens (including phenoxy) is 1. The molecule has 4 heterocycles. The number of hydrogen-bond donors (Lipinski definition) is 1. The van der Waals surface area contributed by atoms with Crippen LogP contribution in [0.5, 0.6) is 11.8 Å². The van der Waals surface area contributed by atoms with Gasteiger partial charge < -0.3 is 15.0 Å². The van der Waals surface area contributed by atoms with Crippen LogP contribution in [-0.4, -0.2) is 51.0 Å². The summed E-state index contributed by atoms with van der Waals surface area (Å²) >= 11 is 1.26. The van der Waals surface area contributed by atoms with Gasteiger partial charge in [-0.25, -0.2) is 9.97 Å². The van der Waals surface area contributed by atoms with Crippen LogP contribution >= 0.6 is 11.3 Å². The van der Waals surface area contributed by atoms with Crippen molar-refractivity contribution in [2.45, 2.75) is 19.8 Å². The van der Waals surface area contributed by atoms with Crippen molar-refractivity contribution in [2.75, 3.05) is 19.4 Å². The molecule has 5 aromatic rings. The minimum Gasteiger partial charge on any atom is -0.420 e. The molecule has 0 saturated heterocycles. The SMILES string of the molecule is CN(C)C(=O)c1ccc(-c2ccc3c(n2)Oc2nc(-c4ccccc4)ccc2C3C(C)(C)C(=O)Nc2nncs2)cc1. The van der Waals surface area contributed by atoms with Gasteiger partial charge in [0.05, 0.1) is 16.8 Å². The average molecular weight is 577 g/mol. The first kappa shape index (κ1) is 27.2. The quantitative estimate of drug-likeness (QED) is 0.254. The number of fused-ring (bicyclic) bond motifs is 2. The molecule has 2 amide bonds. The second kappa shape index (κ2) is 10.8. The van der Waals surface area contributed by atoms with Gasteiger partial charge in [-0.1, -0.05) is 79.8 Å². The number of aromatic nitrogens is 4. The summed E-state index contributed by atoms with van der Waals surface area (Å²) < 4.78 is 6.37. The fourth-order valence-corrected chi connectivity index (χ4v) is 5.57. The third kappa shape index (κ3) is 5.01. The van der Waals surface area contributed by atoms with E-state index < -0.39 is 11.3 Å². The Hall–Kier alpha value is -4.96. The van der Waals surface area contributed by atoms with Crippen molar-refractivity contribution in [3.05, 3.63) is 101 Å². The monoisotopic (exact) mass is 576 g/mol. The molecule has 1 atom stereocenters. The smallest absolute Gasteiger partial charge is 0.253 e. The number of amides is 2. The molecule has 9 nitrogen and oxygen atoms in total. The first-order valence-corrected chi connectivity index (χ1v) is 14.2. The van der Waals surface area contributed by atoms with Crippen molar-refractivity contribution in [3.8, 4) is 34.3 Å². The maximum atomic E-state index is 13.7. The van der Waals surface area contributed by atoms with E-state index in [-0.39, 0.29) is 11.8 Å². The molecule has 1 N–H and O–H groups in total. The highest BCUT2D eigenvalue weighted by Crippen LogP contribution is 2.52. The Morgan fingerprint density at radius 2 is 1.43 bits per heavy atom. The Kier molecular flexibility index (Phi) is 6.99. The number of anilines is 1. The molecule has 6 rings (SSSR count). The van der Waals surface area contributed by atoms with Crippen LogP contribution in [0, 0.1) is 5.41 Å². The zero-order valence-electron chi connectivity index (χ0n) is 23.5. The van der Waals surface area contributed by atoms with Gasteiger partial charge in [-0.15, -0.1) is 10.2 Å². The lowest BCUT2D eigenvalue weighted by Gasteiger charge is -2.37. The van der Waals surface area contributed by atoms with Crippen LogP contribution in [0.1, 0.15) is 41.3 Å². The zero-order valence-corrected chi connectivity index (χ0v) is 24.3. The molecule has 0 spiro atoms. The van der Waals surface area contributed by atoms with Crippen LogP contribution in [-0.2, 0) is 4.79 Å². The van der Waals surface area contributed by atoms with E-state index in [1.54, 1.807) is 31.7 Å². The van der Waals surface area contributed by atoms with Crippen LogP contribution in [0.4, 0.5) is 5.13 Å². The Labute approximate surface area is 247 Å². The first-order chi connectivity index (χ1) is 20.2. The number of carbonyl (C=O) groups excluding carboxylic acids is 2. The topological polar surface area (TPSA) is 110 Å².